The average molecular weight is 683 g/mol. The number of aliphatic carboxylic acids is 1. The van der Waals surface area contributed by atoms with E-state index in [2.05, 4.69) is 74.6 Å². The molecule has 0 aliphatic rings. The summed E-state index contributed by atoms with van der Waals surface area (Å²) >= 11 is 0. The van der Waals surface area contributed by atoms with Crippen LogP contribution in [0.3, 0.4) is 0 Å². The van der Waals surface area contributed by atoms with Gasteiger partial charge >= 0.3 is 11.9 Å². The molecule has 0 heterocycles. The van der Waals surface area contributed by atoms with E-state index in [-0.39, 0.29) is 18.5 Å². The Kier molecular flexibility index (Phi) is 38.1. The number of carboxylic acid groups (broad SMARTS) is 1. The molecule has 0 aliphatic heterocycles. The first-order chi connectivity index (χ1) is 24.1. The monoisotopic (exact) mass is 683 g/mol. The fourth-order valence-corrected chi connectivity index (χ4v) is 5.91. The lowest BCUT2D eigenvalue weighted by atomic mass is 10.0. The number of ether oxygens (including phenoxy) is 1. The van der Waals surface area contributed by atoms with Crippen LogP contribution in [0, 0.1) is 0 Å². The molecule has 0 amide bonds. The van der Waals surface area contributed by atoms with Crippen LogP contribution in [-0.2, 0) is 14.3 Å². The maximum atomic E-state index is 12.6. The predicted octanol–water partition coefficient (Wildman–Crippen LogP) is 14.5. The predicted molar refractivity (Wildman–Crippen MR) is 213 cm³/mol. The first-order valence-corrected chi connectivity index (χ1v) is 20.8. The van der Waals surface area contributed by atoms with Crippen molar-refractivity contribution in [1.82, 2.24) is 0 Å². The lowest BCUT2D eigenvalue weighted by molar-refractivity contribution is -0.147. The minimum Gasteiger partial charge on any atom is -0.481 e. The van der Waals surface area contributed by atoms with E-state index in [1.807, 2.05) is 0 Å². The van der Waals surface area contributed by atoms with Crippen LogP contribution in [0.1, 0.15) is 206 Å². The first kappa shape index (κ1) is 46.6. The van der Waals surface area contributed by atoms with E-state index in [0.29, 0.717) is 6.42 Å². The van der Waals surface area contributed by atoms with E-state index < -0.39 is 5.97 Å². The number of carbonyl (C=O) groups is 2. The van der Waals surface area contributed by atoms with Crippen LogP contribution < -0.4 is 0 Å². The van der Waals surface area contributed by atoms with Crippen LogP contribution in [0.5, 0.6) is 0 Å². The molecule has 1 N–H and O–H groups in total. The SMILES string of the molecule is CC/C=C\C/C=C\C/C=C\C/C=C\CCCCCCCCCCCCC(=O)OC(/C=C\CCCCCCCCC)CCCCCCC(=O)O. The maximum absolute atomic E-state index is 12.6. The first-order valence-electron chi connectivity index (χ1n) is 20.8. The van der Waals surface area contributed by atoms with Gasteiger partial charge in [0.05, 0.1) is 0 Å². The van der Waals surface area contributed by atoms with Crippen molar-refractivity contribution in [2.24, 2.45) is 0 Å². The van der Waals surface area contributed by atoms with E-state index in [4.69, 9.17) is 9.84 Å². The zero-order chi connectivity index (χ0) is 35.7. The highest BCUT2D eigenvalue weighted by molar-refractivity contribution is 5.69. The second-order valence-electron chi connectivity index (χ2n) is 13.8. The average Bonchev–Trinajstić information content (AvgIpc) is 3.09. The number of hydrogen-bond donors (Lipinski definition) is 1. The van der Waals surface area contributed by atoms with Crippen molar-refractivity contribution in [3.8, 4) is 0 Å². The smallest absolute Gasteiger partial charge is 0.306 e. The van der Waals surface area contributed by atoms with Crippen molar-refractivity contribution in [2.75, 3.05) is 0 Å². The summed E-state index contributed by atoms with van der Waals surface area (Å²) in [4.78, 5) is 23.3. The summed E-state index contributed by atoms with van der Waals surface area (Å²) in [7, 11) is 0. The van der Waals surface area contributed by atoms with Crippen molar-refractivity contribution in [2.45, 2.75) is 213 Å². The molecule has 282 valence electrons. The normalized spacial score (nSPS) is 12.9. The third kappa shape index (κ3) is 40.0. The molecule has 0 saturated carbocycles. The van der Waals surface area contributed by atoms with E-state index in [0.717, 1.165) is 77.0 Å². The molecule has 0 fully saturated rings. The molecule has 0 spiro atoms. The summed E-state index contributed by atoms with van der Waals surface area (Å²) in [5.41, 5.74) is 0. The molecule has 0 aromatic carbocycles. The zero-order valence-electron chi connectivity index (χ0n) is 32.2. The molecule has 49 heavy (non-hydrogen) atoms. The fraction of sp³-hybridized carbons (Fsp3) is 0.733. The lowest BCUT2D eigenvalue weighted by Gasteiger charge is -2.15. The molecule has 0 rings (SSSR count). The van der Waals surface area contributed by atoms with Gasteiger partial charge in [-0.3, -0.25) is 9.59 Å². The lowest BCUT2D eigenvalue weighted by Crippen LogP contribution is -2.16. The van der Waals surface area contributed by atoms with Crippen LogP contribution in [0.4, 0.5) is 0 Å². The molecule has 1 unspecified atom stereocenters. The van der Waals surface area contributed by atoms with Crippen molar-refractivity contribution >= 4 is 11.9 Å². The largest absolute Gasteiger partial charge is 0.481 e. The van der Waals surface area contributed by atoms with E-state index in [1.54, 1.807) is 0 Å². The van der Waals surface area contributed by atoms with Crippen molar-refractivity contribution in [1.29, 1.82) is 0 Å². The standard InChI is InChI=1S/C45H78O4/c1-3-5-7-9-11-13-14-15-16-17-18-19-20-21-22-23-24-25-26-28-30-32-38-42-45(48)49-43(40-36-33-34-37-41-44(46)47)39-35-31-29-27-12-10-8-6-4-2/h5,7,11,13,15-16,18-19,35,39,43H,3-4,6,8-10,12,14,17,20-34,36-38,40-42H2,1-2H3,(H,46,47)/b7-5-,13-11-,16-15-,19-18-,39-35-. The fourth-order valence-electron chi connectivity index (χ4n) is 5.91. The molecule has 0 bridgehead atoms. The van der Waals surface area contributed by atoms with Crippen LogP contribution in [0.25, 0.3) is 0 Å². The summed E-state index contributed by atoms with van der Waals surface area (Å²) in [6, 6.07) is 0. The number of hydrogen-bond acceptors (Lipinski definition) is 3. The highest BCUT2D eigenvalue weighted by Gasteiger charge is 2.11. The van der Waals surface area contributed by atoms with Crippen molar-refractivity contribution in [3.05, 3.63) is 60.8 Å². The van der Waals surface area contributed by atoms with Gasteiger partial charge in [-0.25, -0.2) is 0 Å². The van der Waals surface area contributed by atoms with E-state index in [1.165, 1.54) is 103 Å². The third-order valence-corrected chi connectivity index (χ3v) is 8.96. The highest BCUT2D eigenvalue weighted by Crippen LogP contribution is 2.16. The molecule has 0 aromatic heterocycles. The Morgan fingerprint density at radius 3 is 1.45 bits per heavy atom. The Hall–Kier alpha value is -2.36. The maximum Gasteiger partial charge on any atom is 0.306 e. The van der Waals surface area contributed by atoms with Gasteiger partial charge in [-0.2, -0.15) is 0 Å². The third-order valence-electron chi connectivity index (χ3n) is 8.96. The second kappa shape index (κ2) is 40.1. The molecule has 4 heteroatoms. The van der Waals surface area contributed by atoms with Gasteiger partial charge in [-0.1, -0.05) is 171 Å². The quantitative estimate of drug-likeness (QED) is 0.0402. The highest BCUT2D eigenvalue weighted by atomic mass is 16.5. The number of allylic oxidation sites excluding steroid dienone is 9. The molecular formula is C45H78O4. The van der Waals surface area contributed by atoms with E-state index in [9.17, 15) is 9.59 Å². The van der Waals surface area contributed by atoms with Gasteiger partial charge < -0.3 is 9.84 Å². The van der Waals surface area contributed by atoms with Crippen LogP contribution >= 0.6 is 0 Å². The van der Waals surface area contributed by atoms with Gasteiger partial charge in [0.2, 0.25) is 0 Å². The van der Waals surface area contributed by atoms with Crippen molar-refractivity contribution < 1.29 is 19.4 Å². The summed E-state index contributed by atoms with van der Waals surface area (Å²) in [5, 5.41) is 8.84. The molecular weight excluding hydrogens is 604 g/mol. The number of unbranched alkanes of at least 4 members (excludes halogenated alkanes) is 20. The van der Waals surface area contributed by atoms with Gasteiger partial charge in [-0.15, -0.1) is 0 Å². The summed E-state index contributed by atoms with van der Waals surface area (Å²) < 4.78 is 5.89. The minimum atomic E-state index is -0.722. The van der Waals surface area contributed by atoms with Gasteiger partial charge in [0.15, 0.2) is 0 Å². The van der Waals surface area contributed by atoms with Crippen LogP contribution in [0.2, 0.25) is 0 Å². The van der Waals surface area contributed by atoms with Gasteiger partial charge in [-0.05, 0) is 83.1 Å². The Bertz CT molecular complexity index is 865. The summed E-state index contributed by atoms with van der Waals surface area (Å²) in [6.07, 6.45) is 55.5. The molecule has 4 nitrogen and oxygen atoms in total. The topological polar surface area (TPSA) is 63.6 Å². The van der Waals surface area contributed by atoms with Crippen LogP contribution in [0.15, 0.2) is 60.8 Å². The van der Waals surface area contributed by atoms with Gasteiger partial charge in [0.25, 0.3) is 0 Å². The zero-order valence-corrected chi connectivity index (χ0v) is 32.2. The minimum absolute atomic E-state index is 0.0678. The molecule has 0 saturated heterocycles. The van der Waals surface area contributed by atoms with Crippen LogP contribution in [-0.4, -0.2) is 23.1 Å². The van der Waals surface area contributed by atoms with Crippen molar-refractivity contribution in [3.63, 3.8) is 0 Å². The molecule has 1 atom stereocenters. The Labute approximate surface area is 304 Å². The molecule has 0 radical (unpaired) electrons. The number of carboxylic acids is 1. The molecule has 0 aliphatic carbocycles. The summed E-state index contributed by atoms with van der Waals surface area (Å²) in [5.74, 6) is -0.790. The van der Waals surface area contributed by atoms with Gasteiger partial charge in [0, 0.05) is 12.8 Å². The Balaban J connectivity index is 3.89. The van der Waals surface area contributed by atoms with Gasteiger partial charge in [0.1, 0.15) is 6.10 Å². The Morgan fingerprint density at radius 1 is 0.490 bits per heavy atom. The Morgan fingerprint density at radius 2 is 0.918 bits per heavy atom. The number of carbonyl (C=O) groups excluding carboxylic acids is 1. The number of rotatable bonds is 37. The number of esters is 1. The summed E-state index contributed by atoms with van der Waals surface area (Å²) in [6.45, 7) is 4.42. The molecule has 0 aromatic rings. The van der Waals surface area contributed by atoms with E-state index >= 15 is 0 Å². The second-order valence-corrected chi connectivity index (χ2v) is 13.8.